The Labute approximate surface area is 87.2 Å². The minimum Gasteiger partial charge on any atom is -0.494 e. The molecule has 2 N–H and O–H groups in total. The van der Waals surface area contributed by atoms with Gasteiger partial charge in [-0.15, -0.1) is 0 Å². The maximum Gasteiger partial charge on any atom is 0.390 e. The van der Waals surface area contributed by atoms with Gasteiger partial charge in [-0.05, 0) is 6.92 Å². The molecule has 16 heavy (non-hydrogen) atoms. The first kappa shape index (κ1) is 12.3. The molecular weight excluding hydrogens is 229 g/mol. The van der Waals surface area contributed by atoms with Gasteiger partial charge in [0.05, 0.1) is 12.0 Å². The summed E-state index contributed by atoms with van der Waals surface area (Å²) in [5, 5.41) is 9.33. The van der Waals surface area contributed by atoms with Crippen LogP contribution in [0.3, 0.4) is 0 Å². The normalized spacial score (nSPS) is 11.8. The van der Waals surface area contributed by atoms with Crippen LogP contribution >= 0.6 is 0 Å². The molecule has 90 valence electrons. The molecule has 0 aliphatic rings. The highest BCUT2D eigenvalue weighted by Crippen LogP contribution is 2.21. The molecule has 0 saturated carbocycles. The van der Waals surface area contributed by atoms with Crippen molar-refractivity contribution in [2.75, 3.05) is 0 Å². The average Bonchev–Trinajstić information content (AvgIpc) is 2.12. The van der Waals surface area contributed by atoms with E-state index in [1.165, 1.54) is 6.92 Å². The summed E-state index contributed by atoms with van der Waals surface area (Å²) in [4.78, 5) is 23.9. The Morgan fingerprint density at radius 1 is 1.38 bits per heavy atom. The van der Waals surface area contributed by atoms with E-state index in [0.717, 1.165) is 0 Å². The lowest BCUT2D eigenvalue weighted by Crippen LogP contribution is -2.32. The van der Waals surface area contributed by atoms with Crippen LogP contribution in [-0.4, -0.2) is 20.8 Å². The molecular formula is C8H9F3N2O3. The van der Waals surface area contributed by atoms with Crippen LogP contribution in [0.2, 0.25) is 0 Å². The van der Waals surface area contributed by atoms with Crippen LogP contribution in [0.25, 0.3) is 0 Å². The third-order valence-corrected chi connectivity index (χ3v) is 2.02. The molecule has 0 fully saturated rings. The third-order valence-electron chi connectivity index (χ3n) is 2.02. The Balaban J connectivity index is 3.11. The van der Waals surface area contributed by atoms with Crippen molar-refractivity contribution in [2.45, 2.75) is 26.1 Å². The third kappa shape index (κ3) is 2.65. The average molecular weight is 238 g/mol. The summed E-state index contributed by atoms with van der Waals surface area (Å²) < 4.78 is 36.2. The summed E-state index contributed by atoms with van der Waals surface area (Å²) in [6.45, 7) is 0.476. The highest BCUT2D eigenvalue weighted by Gasteiger charge is 2.27. The predicted molar refractivity (Wildman–Crippen MR) is 48.4 cm³/mol. The fourth-order valence-electron chi connectivity index (χ4n) is 1.10. The maximum atomic E-state index is 11.9. The number of rotatable bonds is 2. The predicted octanol–water partition coefficient (Wildman–Crippen LogP) is 0.503. The van der Waals surface area contributed by atoms with E-state index in [1.54, 1.807) is 0 Å². The van der Waals surface area contributed by atoms with E-state index in [0.29, 0.717) is 4.57 Å². The summed E-state index contributed by atoms with van der Waals surface area (Å²) >= 11 is 0. The fourth-order valence-corrected chi connectivity index (χ4v) is 1.10. The quantitative estimate of drug-likeness (QED) is 0.787. The molecule has 0 aliphatic heterocycles. The van der Waals surface area contributed by atoms with E-state index in [9.17, 15) is 27.9 Å². The van der Waals surface area contributed by atoms with Crippen molar-refractivity contribution in [1.82, 2.24) is 9.55 Å². The van der Waals surface area contributed by atoms with Gasteiger partial charge in [-0.25, -0.2) is 4.79 Å². The second-order valence-electron chi connectivity index (χ2n) is 3.22. The Hall–Kier alpha value is -1.73. The van der Waals surface area contributed by atoms with Crippen LogP contribution in [0.5, 0.6) is 5.88 Å². The first-order valence-electron chi connectivity index (χ1n) is 4.32. The second kappa shape index (κ2) is 4.03. The summed E-state index contributed by atoms with van der Waals surface area (Å²) in [7, 11) is 0. The number of alkyl halides is 3. The molecule has 0 spiro atoms. The largest absolute Gasteiger partial charge is 0.494 e. The lowest BCUT2D eigenvalue weighted by molar-refractivity contribution is -0.137. The summed E-state index contributed by atoms with van der Waals surface area (Å²) in [6, 6.07) is 0. The van der Waals surface area contributed by atoms with E-state index in [2.05, 4.69) is 0 Å². The van der Waals surface area contributed by atoms with Crippen molar-refractivity contribution >= 4 is 0 Å². The van der Waals surface area contributed by atoms with Gasteiger partial charge < -0.3 is 5.11 Å². The van der Waals surface area contributed by atoms with E-state index in [-0.39, 0.29) is 5.56 Å². The highest BCUT2D eigenvalue weighted by atomic mass is 19.4. The molecule has 0 saturated heterocycles. The smallest absolute Gasteiger partial charge is 0.390 e. The first-order chi connectivity index (χ1) is 7.22. The van der Waals surface area contributed by atoms with E-state index in [4.69, 9.17) is 0 Å². The first-order valence-corrected chi connectivity index (χ1v) is 4.32. The van der Waals surface area contributed by atoms with Gasteiger partial charge in [-0.1, -0.05) is 0 Å². The van der Waals surface area contributed by atoms with Crippen LogP contribution < -0.4 is 11.2 Å². The number of aromatic amines is 1. The highest BCUT2D eigenvalue weighted by molar-refractivity contribution is 5.20. The van der Waals surface area contributed by atoms with E-state index < -0.39 is 36.3 Å². The molecule has 1 rings (SSSR count). The molecule has 8 heteroatoms. The number of nitrogens with zero attached hydrogens (tertiary/aromatic N) is 1. The molecule has 0 radical (unpaired) electrons. The van der Waals surface area contributed by atoms with Crippen molar-refractivity contribution in [3.8, 4) is 5.88 Å². The Morgan fingerprint density at radius 2 is 1.94 bits per heavy atom. The number of aromatic hydroxyl groups is 1. The lowest BCUT2D eigenvalue weighted by atomic mass is 10.3. The van der Waals surface area contributed by atoms with Gasteiger partial charge in [0.1, 0.15) is 0 Å². The number of halogens is 3. The molecule has 0 unspecified atom stereocenters. The summed E-state index contributed by atoms with van der Waals surface area (Å²) in [5.41, 5.74) is -2.06. The van der Waals surface area contributed by atoms with Gasteiger partial charge >= 0.3 is 11.9 Å². The lowest BCUT2D eigenvalue weighted by Gasteiger charge is -2.10. The van der Waals surface area contributed by atoms with Gasteiger partial charge in [0.2, 0.25) is 5.88 Å². The molecule has 0 aromatic carbocycles. The second-order valence-corrected chi connectivity index (χ2v) is 3.22. The standard InChI is InChI=1S/C8H9F3N2O3/c1-4-5(14)12-7(16)13(6(4)15)3-2-8(9,10)11/h15H,2-3H2,1H3,(H,12,14,16). The van der Waals surface area contributed by atoms with Crippen LogP contribution in [0.4, 0.5) is 13.2 Å². The van der Waals surface area contributed by atoms with E-state index >= 15 is 0 Å². The summed E-state index contributed by atoms with van der Waals surface area (Å²) in [6.07, 6.45) is -5.69. The van der Waals surface area contributed by atoms with Crippen molar-refractivity contribution < 1.29 is 18.3 Å². The van der Waals surface area contributed by atoms with Gasteiger partial charge in [0.15, 0.2) is 0 Å². The fraction of sp³-hybridized carbons (Fsp3) is 0.500. The zero-order valence-corrected chi connectivity index (χ0v) is 8.26. The zero-order valence-electron chi connectivity index (χ0n) is 8.26. The molecule has 1 aromatic rings. The van der Waals surface area contributed by atoms with Crippen molar-refractivity contribution in [2.24, 2.45) is 0 Å². The van der Waals surface area contributed by atoms with Gasteiger partial charge in [-0.3, -0.25) is 14.3 Å². The van der Waals surface area contributed by atoms with Crippen LogP contribution in [0, 0.1) is 6.92 Å². The van der Waals surface area contributed by atoms with Crippen molar-refractivity contribution in [1.29, 1.82) is 0 Å². The molecule has 0 amide bonds. The molecule has 1 aromatic heterocycles. The van der Waals surface area contributed by atoms with Crippen molar-refractivity contribution in [3.05, 3.63) is 26.4 Å². The minimum atomic E-state index is -4.43. The van der Waals surface area contributed by atoms with Gasteiger partial charge in [0.25, 0.3) is 5.56 Å². The molecule has 5 nitrogen and oxygen atoms in total. The Kier molecular flexibility index (Phi) is 3.11. The van der Waals surface area contributed by atoms with Crippen LogP contribution in [0.1, 0.15) is 12.0 Å². The van der Waals surface area contributed by atoms with Crippen LogP contribution in [0.15, 0.2) is 9.59 Å². The Morgan fingerprint density at radius 3 is 2.44 bits per heavy atom. The molecule has 0 aliphatic carbocycles. The van der Waals surface area contributed by atoms with Crippen LogP contribution in [-0.2, 0) is 6.54 Å². The SMILES string of the molecule is Cc1c(O)n(CCC(F)(F)F)c(=O)[nH]c1=O. The number of nitrogens with one attached hydrogen (secondary N) is 1. The number of H-pyrrole nitrogens is 1. The number of aromatic nitrogens is 2. The van der Waals surface area contributed by atoms with Crippen molar-refractivity contribution in [3.63, 3.8) is 0 Å². The topological polar surface area (TPSA) is 75.1 Å². The Bertz CT molecular complexity index is 501. The van der Waals surface area contributed by atoms with Gasteiger partial charge in [0, 0.05) is 6.54 Å². The molecule has 1 heterocycles. The molecule has 0 bridgehead atoms. The van der Waals surface area contributed by atoms with Gasteiger partial charge in [-0.2, -0.15) is 13.2 Å². The maximum absolute atomic E-state index is 11.9. The minimum absolute atomic E-state index is 0.193. The monoisotopic (exact) mass is 238 g/mol. The number of hydrogen-bond acceptors (Lipinski definition) is 3. The zero-order chi connectivity index (χ0) is 12.5. The number of hydrogen-bond donors (Lipinski definition) is 2. The molecule has 0 atom stereocenters. The van der Waals surface area contributed by atoms with E-state index in [1.807, 2.05) is 4.98 Å². The summed E-state index contributed by atoms with van der Waals surface area (Å²) in [5.74, 6) is -0.738.